The lowest BCUT2D eigenvalue weighted by atomic mass is 9.79. The Hall–Kier alpha value is -7.22. The molecule has 0 saturated heterocycles. The summed E-state index contributed by atoms with van der Waals surface area (Å²) in [6.07, 6.45) is 0. The Morgan fingerprint density at radius 1 is 0.310 bits per heavy atom. The van der Waals surface area contributed by atoms with Gasteiger partial charge in [0.2, 0.25) is 0 Å². The van der Waals surface area contributed by atoms with Crippen LogP contribution in [-0.4, -0.2) is 0 Å². The number of benzene rings is 10. The van der Waals surface area contributed by atoms with E-state index in [2.05, 4.69) is 208 Å². The number of para-hydroxylation sites is 2. The maximum absolute atomic E-state index is 7.00. The molecule has 0 saturated carbocycles. The van der Waals surface area contributed by atoms with E-state index in [4.69, 9.17) is 4.42 Å². The largest absolute Gasteiger partial charge is 0.455 e. The van der Waals surface area contributed by atoms with Crippen LogP contribution in [0.3, 0.4) is 0 Å². The van der Waals surface area contributed by atoms with Crippen molar-refractivity contribution in [1.82, 2.24) is 0 Å². The van der Waals surface area contributed by atoms with Crippen LogP contribution in [-0.2, 0) is 5.41 Å². The lowest BCUT2D eigenvalue weighted by Crippen LogP contribution is -2.15. The molecule has 1 nitrogen and oxygen atoms in total. The van der Waals surface area contributed by atoms with Crippen LogP contribution in [0.5, 0.6) is 0 Å². The van der Waals surface area contributed by atoms with Crippen LogP contribution >= 0.6 is 0 Å². The molecular weight excluding hydrogens is 701 g/mol. The molecule has 1 heteroatoms. The lowest BCUT2D eigenvalue weighted by Gasteiger charge is -2.24. The monoisotopic (exact) mass is 738 g/mol. The fourth-order valence-electron chi connectivity index (χ4n) is 10.3. The Kier molecular flexibility index (Phi) is 7.04. The molecule has 0 amide bonds. The van der Waals surface area contributed by atoms with E-state index in [9.17, 15) is 0 Å². The van der Waals surface area contributed by atoms with Gasteiger partial charge in [-0.25, -0.2) is 0 Å². The molecule has 0 aliphatic heterocycles. The number of hydrogen-bond donors (Lipinski definition) is 0. The van der Waals surface area contributed by atoms with E-state index in [-0.39, 0.29) is 5.41 Å². The molecule has 0 spiro atoms. The summed E-state index contributed by atoms with van der Waals surface area (Å²) in [6, 6.07) is 71.2. The minimum atomic E-state index is -0.0810. The molecule has 12 rings (SSSR count). The highest BCUT2D eigenvalue weighted by Crippen LogP contribution is 2.54. The zero-order chi connectivity index (χ0) is 38.5. The maximum atomic E-state index is 7.00. The van der Waals surface area contributed by atoms with Gasteiger partial charge in [0.1, 0.15) is 11.2 Å². The van der Waals surface area contributed by atoms with Crippen molar-refractivity contribution >= 4 is 54.3 Å². The Bertz CT molecular complexity index is 3410. The SMILES string of the molecule is CC1(C)c2ccccc2-c2cc(-c3cccc(-c4c5ccccc5c(-c5cccc6c5oc5c(-c7ccccc7)cccc56)c5ccccc45)c3)c3ccccc3c21. The fraction of sp³-hybridized carbons (Fsp3) is 0.0526. The smallest absolute Gasteiger partial charge is 0.143 e. The van der Waals surface area contributed by atoms with Gasteiger partial charge in [-0.3, -0.25) is 0 Å². The topological polar surface area (TPSA) is 13.1 Å². The van der Waals surface area contributed by atoms with Crippen LogP contribution < -0.4 is 0 Å². The molecule has 10 aromatic carbocycles. The van der Waals surface area contributed by atoms with Crippen LogP contribution in [0.4, 0.5) is 0 Å². The van der Waals surface area contributed by atoms with E-state index in [1.54, 1.807) is 0 Å². The summed E-state index contributed by atoms with van der Waals surface area (Å²) in [4.78, 5) is 0. The molecule has 0 unspecified atom stereocenters. The van der Waals surface area contributed by atoms with Gasteiger partial charge in [-0.15, -0.1) is 0 Å². The van der Waals surface area contributed by atoms with Gasteiger partial charge >= 0.3 is 0 Å². The van der Waals surface area contributed by atoms with Crippen LogP contribution in [0.15, 0.2) is 199 Å². The summed E-state index contributed by atoms with van der Waals surface area (Å²) in [6.45, 7) is 4.75. The predicted molar refractivity (Wildman–Crippen MR) is 246 cm³/mol. The van der Waals surface area contributed by atoms with Gasteiger partial charge in [0.05, 0.1) is 0 Å². The summed E-state index contributed by atoms with van der Waals surface area (Å²) in [5, 5.41) is 9.74. The van der Waals surface area contributed by atoms with Crippen molar-refractivity contribution in [1.29, 1.82) is 0 Å². The average Bonchev–Trinajstić information content (AvgIpc) is 3.78. The van der Waals surface area contributed by atoms with Crippen molar-refractivity contribution in [2.24, 2.45) is 0 Å². The third kappa shape index (κ3) is 4.65. The lowest BCUT2D eigenvalue weighted by molar-refractivity contribution is 0.666. The van der Waals surface area contributed by atoms with Gasteiger partial charge in [-0.2, -0.15) is 0 Å². The second kappa shape index (κ2) is 12.4. The van der Waals surface area contributed by atoms with Gasteiger partial charge in [0, 0.05) is 32.9 Å². The van der Waals surface area contributed by atoms with Crippen LogP contribution in [0, 0.1) is 0 Å². The van der Waals surface area contributed by atoms with Gasteiger partial charge in [0.15, 0.2) is 0 Å². The quantitative estimate of drug-likeness (QED) is 0.164. The molecule has 0 bridgehead atoms. The van der Waals surface area contributed by atoms with Crippen LogP contribution in [0.2, 0.25) is 0 Å². The summed E-state index contributed by atoms with van der Waals surface area (Å²) >= 11 is 0. The fourth-order valence-corrected chi connectivity index (χ4v) is 10.3. The molecule has 0 atom stereocenters. The van der Waals surface area contributed by atoms with Gasteiger partial charge in [0.25, 0.3) is 0 Å². The van der Waals surface area contributed by atoms with Crippen molar-refractivity contribution in [2.45, 2.75) is 19.3 Å². The first-order valence-corrected chi connectivity index (χ1v) is 20.3. The Morgan fingerprint density at radius 2 is 0.793 bits per heavy atom. The van der Waals surface area contributed by atoms with E-state index < -0.39 is 0 Å². The van der Waals surface area contributed by atoms with Crippen molar-refractivity contribution in [3.63, 3.8) is 0 Å². The summed E-state index contributed by atoms with van der Waals surface area (Å²) < 4.78 is 7.00. The summed E-state index contributed by atoms with van der Waals surface area (Å²) in [5.74, 6) is 0. The van der Waals surface area contributed by atoms with Gasteiger partial charge in [-0.1, -0.05) is 196 Å². The second-order valence-corrected chi connectivity index (χ2v) is 16.3. The van der Waals surface area contributed by atoms with Crippen LogP contribution in [0.1, 0.15) is 25.0 Å². The number of hydrogen-bond acceptors (Lipinski definition) is 1. The Morgan fingerprint density at radius 3 is 1.50 bits per heavy atom. The number of furan rings is 1. The minimum absolute atomic E-state index is 0.0810. The third-order valence-corrected chi connectivity index (χ3v) is 12.8. The van der Waals surface area contributed by atoms with E-state index >= 15 is 0 Å². The maximum Gasteiger partial charge on any atom is 0.143 e. The molecule has 1 aromatic heterocycles. The number of rotatable bonds is 4. The highest BCUT2D eigenvalue weighted by atomic mass is 16.3. The molecule has 272 valence electrons. The highest BCUT2D eigenvalue weighted by Gasteiger charge is 2.37. The summed E-state index contributed by atoms with van der Waals surface area (Å²) in [5.41, 5.74) is 16.8. The first-order chi connectivity index (χ1) is 28.6. The Balaban J connectivity index is 1.10. The summed E-state index contributed by atoms with van der Waals surface area (Å²) in [7, 11) is 0. The normalized spacial score (nSPS) is 13.1. The van der Waals surface area contributed by atoms with Gasteiger partial charge < -0.3 is 4.42 Å². The molecular formula is C57H38O. The van der Waals surface area contributed by atoms with E-state index in [1.807, 2.05) is 0 Å². The molecule has 1 aliphatic rings. The molecule has 58 heavy (non-hydrogen) atoms. The predicted octanol–water partition coefficient (Wildman–Crippen LogP) is 16.0. The van der Waals surface area contributed by atoms with Crippen molar-refractivity contribution in [3.8, 4) is 55.6 Å². The first-order valence-electron chi connectivity index (χ1n) is 20.3. The molecule has 1 heterocycles. The molecule has 0 radical (unpaired) electrons. The molecule has 11 aromatic rings. The minimum Gasteiger partial charge on any atom is -0.455 e. The van der Waals surface area contributed by atoms with Gasteiger partial charge in [-0.05, 0) is 94.5 Å². The van der Waals surface area contributed by atoms with E-state index in [0.717, 1.165) is 38.6 Å². The second-order valence-electron chi connectivity index (χ2n) is 16.3. The van der Waals surface area contributed by atoms with Crippen molar-refractivity contribution < 1.29 is 4.42 Å². The molecule has 0 N–H and O–H groups in total. The van der Waals surface area contributed by atoms with Crippen molar-refractivity contribution in [3.05, 3.63) is 205 Å². The third-order valence-electron chi connectivity index (χ3n) is 12.8. The highest BCUT2D eigenvalue weighted by molar-refractivity contribution is 6.25. The zero-order valence-electron chi connectivity index (χ0n) is 32.4. The van der Waals surface area contributed by atoms with Crippen molar-refractivity contribution in [2.75, 3.05) is 0 Å². The Labute approximate surface area is 337 Å². The molecule has 1 aliphatic carbocycles. The first kappa shape index (κ1) is 33.0. The van der Waals surface area contributed by atoms with Crippen LogP contribution in [0.25, 0.3) is 110 Å². The average molecular weight is 739 g/mol. The molecule has 0 fully saturated rings. The van der Waals surface area contributed by atoms with E-state index in [0.29, 0.717) is 0 Å². The standard InChI is InChI=1S/C57H38O/c1-57(2)51-32-13-12-22-40(51)50-34-49(39-21-6-11-27-45(39)54(50)57)36-19-14-20-37(33-36)52-41-23-7-9-25-43(41)53(44-26-10-8-24-42(44)52)48-31-16-30-47-46-29-15-28-38(55(46)58-56(47)48)35-17-4-3-5-18-35/h3-34H,1-2H3. The number of fused-ring (bicyclic) bond motifs is 10. The van der Waals surface area contributed by atoms with E-state index in [1.165, 1.54) is 82.4 Å². The zero-order valence-corrected chi connectivity index (χ0v) is 32.4.